The van der Waals surface area contributed by atoms with Crippen LogP contribution in [0.1, 0.15) is 55.2 Å². The molecule has 0 unspecified atom stereocenters. The van der Waals surface area contributed by atoms with E-state index in [1.807, 2.05) is 38.1 Å². The van der Waals surface area contributed by atoms with E-state index in [2.05, 4.69) is 0 Å². The number of hydrogen-bond donors (Lipinski definition) is 1. The number of ether oxygens (including phenoxy) is 5. The topological polar surface area (TPSA) is 83.5 Å². The summed E-state index contributed by atoms with van der Waals surface area (Å²) in [5.74, 6) is 1.09. The average Bonchev–Trinajstić information content (AvgIpc) is 3.38. The molecule has 1 aliphatic carbocycles. The lowest BCUT2D eigenvalue weighted by atomic mass is 9.92. The summed E-state index contributed by atoms with van der Waals surface area (Å²) in [6, 6.07) is 7.77. The van der Waals surface area contributed by atoms with Crippen LogP contribution in [0.3, 0.4) is 0 Å². The number of benzene rings is 2. The van der Waals surface area contributed by atoms with Crippen molar-refractivity contribution in [2.75, 3.05) is 27.4 Å². The third-order valence-electron chi connectivity index (χ3n) is 7.30. The van der Waals surface area contributed by atoms with Crippen LogP contribution in [-0.2, 0) is 20.9 Å². The molecule has 2 aromatic rings. The highest BCUT2D eigenvalue weighted by atomic mass is 16.5. The first-order valence-corrected chi connectivity index (χ1v) is 12.4. The van der Waals surface area contributed by atoms with Crippen molar-refractivity contribution in [3.8, 4) is 28.4 Å². The van der Waals surface area contributed by atoms with Crippen LogP contribution in [0.25, 0.3) is 11.1 Å². The first-order chi connectivity index (χ1) is 16.9. The number of carbonyl (C=O) groups is 1. The maximum absolute atomic E-state index is 12.1. The number of methoxy groups -OCH3 is 2. The molecule has 1 saturated heterocycles. The molecule has 7 nitrogen and oxygen atoms in total. The van der Waals surface area contributed by atoms with Gasteiger partial charge in [0, 0.05) is 18.4 Å². The van der Waals surface area contributed by atoms with E-state index in [1.165, 1.54) is 12.8 Å². The average molecular weight is 485 g/mol. The number of carboxylic acids is 1. The van der Waals surface area contributed by atoms with Crippen LogP contribution in [0.2, 0.25) is 0 Å². The van der Waals surface area contributed by atoms with Crippen molar-refractivity contribution in [3.63, 3.8) is 0 Å². The summed E-state index contributed by atoms with van der Waals surface area (Å²) in [5.41, 5.74) is 3.59. The monoisotopic (exact) mass is 484 g/mol. The molecule has 0 aromatic heterocycles. The number of hydrogen-bond acceptors (Lipinski definition) is 6. The summed E-state index contributed by atoms with van der Waals surface area (Å²) in [6.45, 7) is 5.16. The van der Waals surface area contributed by atoms with Crippen molar-refractivity contribution in [3.05, 3.63) is 41.0 Å². The van der Waals surface area contributed by atoms with Gasteiger partial charge in [-0.25, -0.2) is 4.79 Å². The first-order valence-electron chi connectivity index (χ1n) is 12.4. The standard InChI is InChI=1S/C28H36O7/c1-18-24(16-25(31-3)19(2)26(18)32-4)23-10-9-22(15-20(23)17-34-21-7-5-6-8-21)35-28(27(29)30)11-13-33-14-12-28/h9-10,15-16,21H,5-8,11-14,17H2,1-4H3,(H,29,30). The third kappa shape index (κ3) is 5.26. The van der Waals surface area contributed by atoms with E-state index in [9.17, 15) is 9.90 Å². The van der Waals surface area contributed by atoms with Gasteiger partial charge < -0.3 is 28.8 Å². The Hall–Kier alpha value is -2.77. The SMILES string of the molecule is COc1cc(-c2ccc(OC3(C(=O)O)CCOCC3)cc2COC2CCCC2)c(C)c(OC)c1C. The van der Waals surface area contributed by atoms with E-state index in [4.69, 9.17) is 23.7 Å². The fraction of sp³-hybridized carbons (Fsp3) is 0.536. The van der Waals surface area contributed by atoms with Gasteiger partial charge in [-0.3, -0.25) is 0 Å². The molecule has 1 N–H and O–H groups in total. The van der Waals surface area contributed by atoms with Crippen molar-refractivity contribution >= 4 is 5.97 Å². The molecule has 7 heteroatoms. The molecule has 35 heavy (non-hydrogen) atoms. The van der Waals surface area contributed by atoms with Crippen LogP contribution >= 0.6 is 0 Å². The predicted molar refractivity (Wildman–Crippen MR) is 133 cm³/mol. The molecule has 1 aliphatic heterocycles. The largest absolute Gasteiger partial charge is 0.496 e. The highest BCUT2D eigenvalue weighted by Crippen LogP contribution is 2.41. The molecule has 0 spiro atoms. The molecule has 190 valence electrons. The Morgan fingerprint density at radius 2 is 1.74 bits per heavy atom. The lowest BCUT2D eigenvalue weighted by Crippen LogP contribution is -2.49. The van der Waals surface area contributed by atoms with Crippen LogP contribution in [0.15, 0.2) is 24.3 Å². The van der Waals surface area contributed by atoms with E-state index in [0.29, 0.717) is 38.4 Å². The molecule has 0 amide bonds. The maximum atomic E-state index is 12.1. The Morgan fingerprint density at radius 1 is 1.03 bits per heavy atom. The van der Waals surface area contributed by atoms with Crippen LogP contribution in [0, 0.1) is 13.8 Å². The molecular formula is C28H36O7. The lowest BCUT2D eigenvalue weighted by Gasteiger charge is -2.33. The zero-order chi connectivity index (χ0) is 25.0. The smallest absolute Gasteiger partial charge is 0.348 e. The van der Waals surface area contributed by atoms with Crippen molar-refractivity contribution in [1.82, 2.24) is 0 Å². The van der Waals surface area contributed by atoms with Gasteiger partial charge >= 0.3 is 5.97 Å². The van der Waals surface area contributed by atoms with Gasteiger partial charge in [0.2, 0.25) is 5.60 Å². The second-order valence-corrected chi connectivity index (χ2v) is 9.46. The van der Waals surface area contributed by atoms with Gasteiger partial charge in [-0.05, 0) is 67.1 Å². The summed E-state index contributed by atoms with van der Waals surface area (Å²) >= 11 is 0. The van der Waals surface area contributed by atoms with E-state index in [1.54, 1.807) is 14.2 Å². The highest BCUT2D eigenvalue weighted by molar-refractivity contribution is 5.79. The summed E-state index contributed by atoms with van der Waals surface area (Å²) in [4.78, 5) is 12.1. The Morgan fingerprint density at radius 3 is 2.37 bits per heavy atom. The number of rotatable bonds is 9. The van der Waals surface area contributed by atoms with Crippen LogP contribution in [-0.4, -0.2) is 50.2 Å². The fourth-order valence-corrected chi connectivity index (χ4v) is 5.23. The summed E-state index contributed by atoms with van der Waals surface area (Å²) in [5, 5.41) is 9.94. The van der Waals surface area contributed by atoms with Crippen LogP contribution in [0.4, 0.5) is 0 Å². The van der Waals surface area contributed by atoms with E-state index >= 15 is 0 Å². The van der Waals surface area contributed by atoms with Gasteiger partial charge in [0.25, 0.3) is 0 Å². The van der Waals surface area contributed by atoms with Crippen molar-refractivity contribution < 1.29 is 33.6 Å². The summed E-state index contributed by atoms with van der Waals surface area (Å²) in [7, 11) is 3.32. The van der Waals surface area contributed by atoms with Gasteiger partial charge in [0.15, 0.2) is 0 Å². The molecule has 2 aliphatic rings. The minimum atomic E-state index is -1.28. The van der Waals surface area contributed by atoms with E-state index < -0.39 is 11.6 Å². The Kier molecular flexibility index (Phi) is 7.87. The third-order valence-corrected chi connectivity index (χ3v) is 7.30. The molecule has 2 aromatic carbocycles. The second kappa shape index (κ2) is 10.9. The van der Waals surface area contributed by atoms with Gasteiger partial charge in [-0.1, -0.05) is 18.9 Å². The zero-order valence-electron chi connectivity index (χ0n) is 21.1. The van der Waals surface area contributed by atoms with Gasteiger partial charge in [0.1, 0.15) is 17.2 Å². The van der Waals surface area contributed by atoms with Crippen molar-refractivity contribution in [2.45, 2.75) is 70.7 Å². The molecule has 1 saturated carbocycles. The Labute approximate surface area is 207 Å². The van der Waals surface area contributed by atoms with Gasteiger partial charge in [-0.15, -0.1) is 0 Å². The molecule has 0 radical (unpaired) electrons. The lowest BCUT2D eigenvalue weighted by molar-refractivity contribution is -0.163. The first kappa shape index (κ1) is 25.3. The molecule has 0 atom stereocenters. The summed E-state index contributed by atoms with van der Waals surface area (Å²) < 4.78 is 29.2. The number of aliphatic carboxylic acids is 1. The van der Waals surface area contributed by atoms with Crippen molar-refractivity contribution in [1.29, 1.82) is 0 Å². The quantitative estimate of drug-likeness (QED) is 0.506. The van der Waals surface area contributed by atoms with Crippen LogP contribution < -0.4 is 14.2 Å². The van der Waals surface area contributed by atoms with Crippen LogP contribution in [0.5, 0.6) is 17.2 Å². The number of carboxylic acid groups (broad SMARTS) is 1. The minimum absolute atomic E-state index is 0.247. The predicted octanol–water partition coefficient (Wildman–Crippen LogP) is 5.46. The maximum Gasteiger partial charge on any atom is 0.348 e. The molecular weight excluding hydrogens is 448 g/mol. The van der Waals surface area contributed by atoms with Gasteiger partial charge in [-0.2, -0.15) is 0 Å². The summed E-state index contributed by atoms with van der Waals surface area (Å²) in [6.07, 6.45) is 5.38. The highest BCUT2D eigenvalue weighted by Gasteiger charge is 2.43. The minimum Gasteiger partial charge on any atom is -0.496 e. The van der Waals surface area contributed by atoms with E-state index in [0.717, 1.165) is 52.2 Å². The Bertz CT molecular complexity index is 1050. The van der Waals surface area contributed by atoms with Crippen molar-refractivity contribution in [2.24, 2.45) is 0 Å². The normalized spacial score (nSPS) is 17.8. The molecule has 2 fully saturated rings. The van der Waals surface area contributed by atoms with E-state index in [-0.39, 0.29) is 6.10 Å². The molecule has 0 bridgehead atoms. The fourth-order valence-electron chi connectivity index (χ4n) is 5.23. The Balaban J connectivity index is 1.75. The van der Waals surface area contributed by atoms with Gasteiger partial charge in [0.05, 0.1) is 40.1 Å². The molecule has 4 rings (SSSR count). The molecule has 1 heterocycles. The second-order valence-electron chi connectivity index (χ2n) is 9.46. The zero-order valence-corrected chi connectivity index (χ0v) is 21.1.